The number of nitrogens with zero attached hydrogens (tertiary/aromatic N) is 1. The Bertz CT molecular complexity index is 333. The minimum absolute atomic E-state index is 0.295. The predicted molar refractivity (Wildman–Crippen MR) is 66.6 cm³/mol. The molecule has 1 saturated heterocycles. The first kappa shape index (κ1) is 11.6. The summed E-state index contributed by atoms with van der Waals surface area (Å²) in [5, 5.41) is 9.47. The first-order valence-electron chi connectivity index (χ1n) is 6.06. The molecular formula is C14H21NO. The van der Waals surface area contributed by atoms with Crippen LogP contribution in [0.15, 0.2) is 24.3 Å². The Morgan fingerprint density at radius 2 is 2.00 bits per heavy atom. The van der Waals surface area contributed by atoms with E-state index in [0.717, 1.165) is 19.5 Å². The zero-order chi connectivity index (χ0) is 11.5. The van der Waals surface area contributed by atoms with Crippen LogP contribution in [0.4, 0.5) is 0 Å². The van der Waals surface area contributed by atoms with Crippen molar-refractivity contribution in [2.24, 2.45) is 5.92 Å². The average Bonchev–Trinajstić information content (AvgIpc) is 2.30. The summed E-state index contributed by atoms with van der Waals surface area (Å²) in [7, 11) is 2.13. The second kappa shape index (κ2) is 4.98. The van der Waals surface area contributed by atoms with E-state index in [0.29, 0.717) is 18.4 Å². The number of piperidine rings is 1. The summed E-state index contributed by atoms with van der Waals surface area (Å²) in [6.07, 6.45) is 1.16. The molecule has 0 aliphatic carbocycles. The molecule has 1 aliphatic rings. The Balaban J connectivity index is 2.15. The maximum absolute atomic E-state index is 9.47. The highest BCUT2D eigenvalue weighted by atomic mass is 16.3. The summed E-state index contributed by atoms with van der Waals surface area (Å²) >= 11 is 0. The lowest BCUT2D eigenvalue weighted by Crippen LogP contribution is -2.38. The van der Waals surface area contributed by atoms with Gasteiger partial charge in [-0.05, 0) is 38.4 Å². The van der Waals surface area contributed by atoms with E-state index >= 15 is 0 Å². The fraction of sp³-hybridized carbons (Fsp3) is 0.571. The van der Waals surface area contributed by atoms with Gasteiger partial charge in [0.05, 0.1) is 0 Å². The summed E-state index contributed by atoms with van der Waals surface area (Å²) in [6.45, 7) is 4.55. The van der Waals surface area contributed by atoms with Crippen molar-refractivity contribution in [3.8, 4) is 0 Å². The highest BCUT2D eigenvalue weighted by molar-refractivity contribution is 5.25. The number of hydrogen-bond acceptors (Lipinski definition) is 2. The van der Waals surface area contributed by atoms with Gasteiger partial charge in [-0.15, -0.1) is 0 Å². The van der Waals surface area contributed by atoms with Gasteiger partial charge >= 0.3 is 0 Å². The summed E-state index contributed by atoms with van der Waals surface area (Å²) in [4.78, 5) is 2.31. The number of aliphatic hydroxyl groups excluding tert-OH is 1. The Kier molecular flexibility index (Phi) is 3.62. The van der Waals surface area contributed by atoms with Gasteiger partial charge in [-0.1, -0.05) is 29.8 Å². The molecule has 0 aromatic heterocycles. The standard InChI is InChI=1S/C14H21NO/c1-11-3-5-12(6-4-11)14-7-8-15(2)9-13(14)10-16/h3-6,13-14,16H,7-10H2,1-2H3/t13-,14-/m0/s1. The van der Waals surface area contributed by atoms with E-state index in [4.69, 9.17) is 0 Å². The first-order valence-corrected chi connectivity index (χ1v) is 6.06. The number of likely N-dealkylation sites (tertiary alicyclic amines) is 1. The molecule has 0 radical (unpaired) electrons. The quantitative estimate of drug-likeness (QED) is 0.822. The van der Waals surface area contributed by atoms with Gasteiger partial charge in [-0.25, -0.2) is 0 Å². The molecule has 0 saturated carbocycles. The number of aliphatic hydroxyl groups is 1. The third-order valence-electron chi connectivity index (χ3n) is 3.68. The lowest BCUT2D eigenvalue weighted by Gasteiger charge is -2.36. The fourth-order valence-corrected chi connectivity index (χ4v) is 2.65. The summed E-state index contributed by atoms with van der Waals surface area (Å²) < 4.78 is 0. The normalized spacial score (nSPS) is 26.9. The maximum Gasteiger partial charge on any atom is 0.0477 e. The number of benzene rings is 1. The van der Waals surface area contributed by atoms with Crippen LogP contribution in [0.1, 0.15) is 23.5 Å². The fourth-order valence-electron chi connectivity index (χ4n) is 2.65. The molecule has 1 N–H and O–H groups in total. The summed E-state index contributed by atoms with van der Waals surface area (Å²) in [6, 6.07) is 8.77. The molecule has 16 heavy (non-hydrogen) atoms. The smallest absolute Gasteiger partial charge is 0.0477 e. The molecule has 2 nitrogen and oxygen atoms in total. The van der Waals surface area contributed by atoms with Gasteiger partial charge in [0.15, 0.2) is 0 Å². The van der Waals surface area contributed by atoms with Crippen molar-refractivity contribution in [2.75, 3.05) is 26.7 Å². The van der Waals surface area contributed by atoms with Crippen LogP contribution in [0.25, 0.3) is 0 Å². The van der Waals surface area contributed by atoms with Crippen LogP contribution in [0, 0.1) is 12.8 Å². The van der Waals surface area contributed by atoms with E-state index in [9.17, 15) is 5.11 Å². The van der Waals surface area contributed by atoms with Crippen LogP contribution >= 0.6 is 0 Å². The SMILES string of the molecule is Cc1ccc([C@@H]2CCN(C)C[C@H]2CO)cc1. The molecule has 1 heterocycles. The van der Waals surface area contributed by atoms with E-state index in [-0.39, 0.29) is 0 Å². The maximum atomic E-state index is 9.47. The summed E-state index contributed by atoms with van der Waals surface area (Å²) in [5.41, 5.74) is 2.69. The molecule has 2 rings (SSSR count). The monoisotopic (exact) mass is 219 g/mol. The Hall–Kier alpha value is -0.860. The van der Waals surface area contributed by atoms with Gasteiger partial charge in [-0.2, -0.15) is 0 Å². The van der Waals surface area contributed by atoms with Crippen LogP contribution in [-0.2, 0) is 0 Å². The van der Waals surface area contributed by atoms with Crippen molar-refractivity contribution in [2.45, 2.75) is 19.3 Å². The van der Waals surface area contributed by atoms with Crippen molar-refractivity contribution in [1.29, 1.82) is 0 Å². The van der Waals surface area contributed by atoms with Crippen molar-refractivity contribution < 1.29 is 5.11 Å². The van der Waals surface area contributed by atoms with Gasteiger partial charge in [0, 0.05) is 19.1 Å². The van der Waals surface area contributed by atoms with E-state index in [1.165, 1.54) is 11.1 Å². The molecule has 2 heteroatoms. The molecule has 1 aromatic rings. The molecule has 0 spiro atoms. The molecule has 1 aromatic carbocycles. The van der Waals surface area contributed by atoms with Crippen LogP contribution < -0.4 is 0 Å². The minimum Gasteiger partial charge on any atom is -0.396 e. The average molecular weight is 219 g/mol. The second-order valence-corrected chi connectivity index (χ2v) is 5.01. The third kappa shape index (κ3) is 2.45. The van der Waals surface area contributed by atoms with E-state index in [2.05, 4.69) is 43.1 Å². The Morgan fingerprint density at radius 1 is 1.31 bits per heavy atom. The van der Waals surface area contributed by atoms with Crippen molar-refractivity contribution in [1.82, 2.24) is 4.90 Å². The van der Waals surface area contributed by atoms with E-state index < -0.39 is 0 Å². The summed E-state index contributed by atoms with van der Waals surface area (Å²) in [5.74, 6) is 0.920. The largest absolute Gasteiger partial charge is 0.396 e. The third-order valence-corrected chi connectivity index (χ3v) is 3.68. The van der Waals surface area contributed by atoms with Crippen molar-refractivity contribution >= 4 is 0 Å². The molecular weight excluding hydrogens is 198 g/mol. The van der Waals surface area contributed by atoms with Crippen LogP contribution in [0.5, 0.6) is 0 Å². The van der Waals surface area contributed by atoms with Crippen LogP contribution in [-0.4, -0.2) is 36.8 Å². The molecule has 0 bridgehead atoms. The zero-order valence-corrected chi connectivity index (χ0v) is 10.2. The lowest BCUT2D eigenvalue weighted by molar-refractivity contribution is 0.118. The Morgan fingerprint density at radius 3 is 2.62 bits per heavy atom. The van der Waals surface area contributed by atoms with Crippen molar-refractivity contribution in [3.05, 3.63) is 35.4 Å². The number of hydrogen-bond donors (Lipinski definition) is 1. The lowest BCUT2D eigenvalue weighted by atomic mass is 9.81. The molecule has 2 atom stereocenters. The number of rotatable bonds is 2. The van der Waals surface area contributed by atoms with Gasteiger partial charge in [-0.3, -0.25) is 0 Å². The Labute approximate surface area is 97.9 Å². The van der Waals surface area contributed by atoms with Crippen LogP contribution in [0.2, 0.25) is 0 Å². The van der Waals surface area contributed by atoms with E-state index in [1.807, 2.05) is 0 Å². The molecule has 0 unspecified atom stereocenters. The zero-order valence-electron chi connectivity index (χ0n) is 10.2. The van der Waals surface area contributed by atoms with Gasteiger partial charge < -0.3 is 10.0 Å². The molecule has 1 fully saturated rings. The van der Waals surface area contributed by atoms with Gasteiger partial charge in [0.25, 0.3) is 0 Å². The molecule has 1 aliphatic heterocycles. The van der Waals surface area contributed by atoms with Gasteiger partial charge in [0.2, 0.25) is 0 Å². The number of aryl methyl sites for hydroxylation is 1. The van der Waals surface area contributed by atoms with Crippen LogP contribution in [0.3, 0.4) is 0 Å². The minimum atomic E-state index is 0.295. The van der Waals surface area contributed by atoms with E-state index in [1.54, 1.807) is 0 Å². The topological polar surface area (TPSA) is 23.5 Å². The van der Waals surface area contributed by atoms with Gasteiger partial charge in [0.1, 0.15) is 0 Å². The highest BCUT2D eigenvalue weighted by Gasteiger charge is 2.28. The second-order valence-electron chi connectivity index (χ2n) is 5.01. The molecule has 88 valence electrons. The predicted octanol–water partition coefficient (Wildman–Crippen LogP) is 2.02. The van der Waals surface area contributed by atoms with Crippen molar-refractivity contribution in [3.63, 3.8) is 0 Å². The molecule has 0 amide bonds. The first-order chi connectivity index (χ1) is 7.70. The highest BCUT2D eigenvalue weighted by Crippen LogP contribution is 2.32.